The summed E-state index contributed by atoms with van der Waals surface area (Å²) in [5.41, 5.74) is 0.808. The van der Waals surface area contributed by atoms with Gasteiger partial charge in [-0.05, 0) is 42.0 Å². The van der Waals surface area contributed by atoms with Crippen molar-refractivity contribution in [3.8, 4) is 0 Å². The van der Waals surface area contributed by atoms with Gasteiger partial charge in [0.15, 0.2) is 0 Å². The van der Waals surface area contributed by atoms with Crippen LogP contribution in [-0.2, 0) is 19.6 Å². The van der Waals surface area contributed by atoms with Gasteiger partial charge in [-0.3, -0.25) is 4.79 Å². The van der Waals surface area contributed by atoms with Crippen LogP contribution < -0.4 is 0 Å². The summed E-state index contributed by atoms with van der Waals surface area (Å²) in [7, 11) is -3.49. The van der Waals surface area contributed by atoms with Crippen molar-refractivity contribution in [3.05, 3.63) is 35.9 Å². The minimum absolute atomic E-state index is 0.0124. The topological polar surface area (TPSA) is 66.9 Å². The van der Waals surface area contributed by atoms with Gasteiger partial charge in [-0.2, -0.15) is 4.31 Å². The molecule has 0 saturated carbocycles. The van der Waals surface area contributed by atoms with Crippen molar-refractivity contribution >= 4 is 22.0 Å². The third-order valence-electron chi connectivity index (χ3n) is 5.09. The molecule has 2 aliphatic rings. The van der Waals surface area contributed by atoms with E-state index in [-0.39, 0.29) is 10.8 Å². The second-order valence-electron chi connectivity index (χ2n) is 7.61. The molecule has 6 nitrogen and oxygen atoms in total. The van der Waals surface area contributed by atoms with Gasteiger partial charge in [-0.1, -0.05) is 26.0 Å². The molecule has 1 amide bonds. The minimum Gasteiger partial charge on any atom is -0.379 e. The highest BCUT2D eigenvalue weighted by Crippen LogP contribution is 2.22. The Kier molecular flexibility index (Phi) is 6.34. The average molecular weight is 393 g/mol. The fraction of sp³-hybridized carbons (Fsp3) is 0.550. The van der Waals surface area contributed by atoms with E-state index in [0.717, 1.165) is 25.1 Å². The van der Waals surface area contributed by atoms with Crippen molar-refractivity contribution in [3.63, 3.8) is 0 Å². The van der Waals surface area contributed by atoms with Crippen LogP contribution in [0.15, 0.2) is 35.2 Å². The second kappa shape index (κ2) is 8.54. The Labute approximate surface area is 161 Å². The zero-order valence-electron chi connectivity index (χ0n) is 16.0. The van der Waals surface area contributed by atoms with Crippen LogP contribution in [0.3, 0.4) is 0 Å². The van der Waals surface area contributed by atoms with Crippen molar-refractivity contribution < 1.29 is 17.9 Å². The van der Waals surface area contributed by atoms with Crippen molar-refractivity contribution in [2.45, 2.75) is 25.2 Å². The first-order chi connectivity index (χ1) is 12.9. The van der Waals surface area contributed by atoms with Gasteiger partial charge in [0.25, 0.3) is 0 Å². The maximum Gasteiger partial charge on any atom is 0.246 e. The van der Waals surface area contributed by atoms with Crippen molar-refractivity contribution in [2.75, 3.05) is 39.4 Å². The highest BCUT2D eigenvalue weighted by molar-refractivity contribution is 7.89. The first-order valence-electron chi connectivity index (χ1n) is 9.51. The Bertz CT molecular complexity index is 773. The number of benzene rings is 1. The largest absolute Gasteiger partial charge is 0.379 e. The molecule has 0 radical (unpaired) electrons. The molecule has 0 spiro atoms. The smallest absolute Gasteiger partial charge is 0.246 e. The van der Waals surface area contributed by atoms with Crippen LogP contribution in [0.25, 0.3) is 6.08 Å². The van der Waals surface area contributed by atoms with Crippen LogP contribution in [0.4, 0.5) is 0 Å². The zero-order valence-corrected chi connectivity index (χ0v) is 16.8. The van der Waals surface area contributed by atoms with Crippen LogP contribution in [0.2, 0.25) is 0 Å². The lowest BCUT2D eigenvalue weighted by Gasteiger charge is -2.34. The summed E-state index contributed by atoms with van der Waals surface area (Å²) < 4.78 is 31.9. The zero-order chi connectivity index (χ0) is 19.4. The summed E-state index contributed by atoms with van der Waals surface area (Å²) in [5, 5.41) is 0. The van der Waals surface area contributed by atoms with Crippen LogP contribution in [0, 0.1) is 11.8 Å². The monoisotopic (exact) mass is 392 g/mol. The Morgan fingerprint density at radius 1 is 1.07 bits per heavy atom. The lowest BCUT2D eigenvalue weighted by atomic mass is 9.92. The van der Waals surface area contributed by atoms with Crippen LogP contribution >= 0.6 is 0 Å². The van der Waals surface area contributed by atoms with Gasteiger partial charge < -0.3 is 9.64 Å². The summed E-state index contributed by atoms with van der Waals surface area (Å²) in [6, 6.07) is 6.66. The van der Waals surface area contributed by atoms with E-state index in [2.05, 4.69) is 13.8 Å². The third kappa shape index (κ3) is 4.97. The van der Waals surface area contributed by atoms with E-state index in [1.807, 2.05) is 4.90 Å². The number of carbonyl (C=O) groups is 1. The quantitative estimate of drug-likeness (QED) is 0.737. The Balaban J connectivity index is 1.65. The van der Waals surface area contributed by atoms with Gasteiger partial charge in [-0.25, -0.2) is 8.42 Å². The number of nitrogens with zero attached hydrogens (tertiary/aromatic N) is 2. The van der Waals surface area contributed by atoms with Gasteiger partial charge in [0.05, 0.1) is 18.1 Å². The Morgan fingerprint density at radius 2 is 1.67 bits per heavy atom. The summed E-state index contributed by atoms with van der Waals surface area (Å²) in [6.07, 6.45) is 4.49. The maximum absolute atomic E-state index is 12.6. The van der Waals surface area contributed by atoms with Crippen LogP contribution in [0.5, 0.6) is 0 Å². The van der Waals surface area contributed by atoms with E-state index in [0.29, 0.717) is 38.1 Å². The van der Waals surface area contributed by atoms with Crippen molar-refractivity contribution in [1.82, 2.24) is 9.21 Å². The molecule has 2 unspecified atom stereocenters. The van der Waals surface area contributed by atoms with E-state index >= 15 is 0 Å². The molecule has 2 heterocycles. The van der Waals surface area contributed by atoms with E-state index in [9.17, 15) is 13.2 Å². The number of piperidine rings is 1. The molecule has 0 N–H and O–H groups in total. The van der Waals surface area contributed by atoms with Gasteiger partial charge in [0.2, 0.25) is 15.9 Å². The molecule has 0 bridgehead atoms. The molecule has 0 aliphatic carbocycles. The summed E-state index contributed by atoms with van der Waals surface area (Å²) in [6.45, 7) is 7.55. The number of rotatable bonds is 4. The number of morpholine rings is 1. The highest BCUT2D eigenvalue weighted by atomic mass is 32.2. The molecule has 148 valence electrons. The lowest BCUT2D eigenvalue weighted by molar-refractivity contribution is -0.128. The first kappa shape index (κ1) is 20.0. The lowest BCUT2D eigenvalue weighted by Crippen LogP contribution is -2.41. The number of sulfonamides is 1. The third-order valence-corrected chi connectivity index (χ3v) is 7.00. The van der Waals surface area contributed by atoms with Crippen molar-refractivity contribution in [2.24, 2.45) is 11.8 Å². The Hall–Kier alpha value is -1.70. The van der Waals surface area contributed by atoms with Crippen LogP contribution in [-0.4, -0.2) is 62.9 Å². The molecule has 0 aromatic heterocycles. The maximum atomic E-state index is 12.6. The second-order valence-corrected chi connectivity index (χ2v) is 9.55. The van der Waals surface area contributed by atoms with Gasteiger partial charge in [0, 0.05) is 32.3 Å². The molecule has 27 heavy (non-hydrogen) atoms. The molecule has 7 heteroatoms. The Morgan fingerprint density at radius 3 is 2.26 bits per heavy atom. The van der Waals surface area contributed by atoms with Gasteiger partial charge in [0.1, 0.15) is 0 Å². The standard InChI is InChI=1S/C20H28N2O4S/c1-16-13-17(2)15-21(14-16)20(23)8-5-18-3-6-19(7-4-18)27(24,25)22-9-11-26-12-10-22/h3-8,16-17H,9-15H2,1-2H3/b8-5+. The van der Waals surface area contributed by atoms with E-state index in [4.69, 9.17) is 4.74 Å². The van der Waals surface area contributed by atoms with E-state index in [1.165, 1.54) is 4.31 Å². The normalized spacial score (nSPS) is 25.0. The van der Waals surface area contributed by atoms with Crippen molar-refractivity contribution in [1.29, 1.82) is 0 Å². The SMILES string of the molecule is CC1CC(C)CN(C(=O)/C=C/c2ccc(S(=O)(=O)N3CCOCC3)cc2)C1. The fourth-order valence-corrected chi connectivity index (χ4v) is 5.21. The molecule has 2 atom stereocenters. The predicted molar refractivity (Wildman–Crippen MR) is 105 cm³/mol. The highest BCUT2D eigenvalue weighted by Gasteiger charge is 2.26. The fourth-order valence-electron chi connectivity index (χ4n) is 3.80. The van der Waals surface area contributed by atoms with E-state index in [1.54, 1.807) is 36.4 Å². The summed E-state index contributed by atoms with van der Waals surface area (Å²) >= 11 is 0. The number of hydrogen-bond acceptors (Lipinski definition) is 4. The summed E-state index contributed by atoms with van der Waals surface area (Å²) in [5.74, 6) is 1.06. The molecule has 2 aliphatic heterocycles. The van der Waals surface area contributed by atoms with E-state index < -0.39 is 10.0 Å². The summed E-state index contributed by atoms with van der Waals surface area (Å²) in [4.78, 5) is 14.6. The number of ether oxygens (including phenoxy) is 1. The molecular formula is C20H28N2O4S. The number of likely N-dealkylation sites (tertiary alicyclic amines) is 1. The first-order valence-corrected chi connectivity index (χ1v) is 10.9. The molecule has 2 saturated heterocycles. The molecule has 3 rings (SSSR count). The molecular weight excluding hydrogens is 364 g/mol. The minimum atomic E-state index is -3.49. The average Bonchev–Trinajstić information content (AvgIpc) is 2.66. The molecule has 1 aromatic carbocycles. The number of hydrogen-bond donors (Lipinski definition) is 0. The molecule has 1 aromatic rings. The van der Waals surface area contributed by atoms with Gasteiger partial charge >= 0.3 is 0 Å². The molecule has 2 fully saturated rings. The van der Waals surface area contributed by atoms with Gasteiger partial charge in [-0.15, -0.1) is 0 Å². The predicted octanol–water partition coefficient (Wildman–Crippen LogP) is 2.23. The van der Waals surface area contributed by atoms with Crippen LogP contribution in [0.1, 0.15) is 25.8 Å². The number of carbonyl (C=O) groups excluding carboxylic acids is 1. The number of amides is 1.